The van der Waals surface area contributed by atoms with Crippen LogP contribution in [0, 0.1) is 5.41 Å². The van der Waals surface area contributed by atoms with Gasteiger partial charge in [0.05, 0.1) is 0 Å². The van der Waals surface area contributed by atoms with Crippen LogP contribution in [0.4, 0.5) is 0 Å². The van der Waals surface area contributed by atoms with Crippen LogP contribution < -0.4 is 10.6 Å². The van der Waals surface area contributed by atoms with Crippen LogP contribution >= 0.6 is 0 Å². The van der Waals surface area contributed by atoms with Crippen molar-refractivity contribution in [1.82, 2.24) is 10.6 Å². The molecule has 0 aromatic carbocycles. The van der Waals surface area contributed by atoms with E-state index in [4.69, 9.17) is 0 Å². The van der Waals surface area contributed by atoms with Gasteiger partial charge in [-0.25, -0.2) is 0 Å². The van der Waals surface area contributed by atoms with Crippen LogP contribution in [-0.4, -0.2) is 26.7 Å². The van der Waals surface area contributed by atoms with E-state index in [0.29, 0.717) is 5.41 Å². The van der Waals surface area contributed by atoms with Crippen molar-refractivity contribution in [1.29, 1.82) is 0 Å². The maximum absolute atomic E-state index is 3.56. The van der Waals surface area contributed by atoms with Crippen molar-refractivity contribution < 1.29 is 0 Å². The maximum atomic E-state index is 3.56. The summed E-state index contributed by atoms with van der Waals surface area (Å²) in [5.74, 6) is 0. The Kier molecular flexibility index (Phi) is 4.74. The van der Waals surface area contributed by atoms with E-state index in [2.05, 4.69) is 17.6 Å². The molecule has 0 heterocycles. The zero-order valence-corrected chi connectivity index (χ0v) is 9.16. The summed E-state index contributed by atoms with van der Waals surface area (Å²) in [4.78, 5) is 0. The Morgan fingerprint density at radius 2 is 1.85 bits per heavy atom. The Morgan fingerprint density at radius 1 is 1.15 bits per heavy atom. The quantitative estimate of drug-likeness (QED) is 0.589. The van der Waals surface area contributed by atoms with E-state index in [9.17, 15) is 0 Å². The molecule has 0 amide bonds. The van der Waals surface area contributed by atoms with Crippen molar-refractivity contribution in [3.05, 3.63) is 0 Å². The van der Waals surface area contributed by atoms with Crippen LogP contribution in [-0.2, 0) is 0 Å². The van der Waals surface area contributed by atoms with Gasteiger partial charge in [-0.2, -0.15) is 0 Å². The topological polar surface area (TPSA) is 24.1 Å². The van der Waals surface area contributed by atoms with Gasteiger partial charge in [-0.3, -0.25) is 0 Å². The van der Waals surface area contributed by atoms with Crippen molar-refractivity contribution in [2.75, 3.05) is 26.7 Å². The highest BCUT2D eigenvalue weighted by Crippen LogP contribution is 2.39. The first kappa shape index (κ1) is 11.0. The predicted molar refractivity (Wildman–Crippen MR) is 58.0 cm³/mol. The molecule has 1 fully saturated rings. The molecule has 2 heteroatoms. The Balaban J connectivity index is 1.83. The molecule has 0 aromatic heterocycles. The molecule has 0 saturated heterocycles. The van der Waals surface area contributed by atoms with Gasteiger partial charge in [-0.05, 0) is 51.2 Å². The largest absolute Gasteiger partial charge is 0.320 e. The lowest BCUT2D eigenvalue weighted by molar-refractivity contribution is 0.157. The monoisotopic (exact) mass is 184 g/mol. The van der Waals surface area contributed by atoms with E-state index in [1.807, 2.05) is 7.05 Å². The molecule has 0 aliphatic heterocycles. The van der Waals surface area contributed by atoms with Gasteiger partial charge in [0, 0.05) is 6.54 Å². The van der Waals surface area contributed by atoms with Gasteiger partial charge in [-0.15, -0.1) is 0 Å². The van der Waals surface area contributed by atoms with Gasteiger partial charge in [0.15, 0.2) is 0 Å². The summed E-state index contributed by atoms with van der Waals surface area (Å²) in [6.07, 6.45) is 6.89. The van der Waals surface area contributed by atoms with Crippen LogP contribution in [0.1, 0.15) is 39.0 Å². The Bertz CT molecular complexity index is 130. The highest BCUT2D eigenvalue weighted by molar-refractivity contribution is 4.84. The van der Waals surface area contributed by atoms with Gasteiger partial charge >= 0.3 is 0 Å². The van der Waals surface area contributed by atoms with Crippen molar-refractivity contribution in [3.63, 3.8) is 0 Å². The van der Waals surface area contributed by atoms with Gasteiger partial charge in [0.2, 0.25) is 0 Å². The van der Waals surface area contributed by atoms with Crippen LogP contribution in [0.15, 0.2) is 0 Å². The van der Waals surface area contributed by atoms with E-state index in [1.165, 1.54) is 45.2 Å². The molecule has 0 spiro atoms. The summed E-state index contributed by atoms with van der Waals surface area (Å²) in [5, 5.41) is 6.73. The smallest absolute Gasteiger partial charge is 0.000516 e. The molecule has 2 N–H and O–H groups in total. The molecule has 1 saturated carbocycles. The standard InChI is InChI=1S/C11H24N2/c1-11(6-5-7-11)10-13-9-4-3-8-12-2/h12-13H,3-10H2,1-2H3. The molecule has 13 heavy (non-hydrogen) atoms. The zero-order valence-electron chi connectivity index (χ0n) is 9.16. The maximum Gasteiger partial charge on any atom is 0.000516 e. The minimum Gasteiger partial charge on any atom is -0.320 e. The molecule has 1 rings (SSSR count). The second-order valence-corrected chi connectivity index (χ2v) is 4.65. The summed E-state index contributed by atoms with van der Waals surface area (Å²) < 4.78 is 0. The zero-order chi connectivity index (χ0) is 9.57. The first-order valence-electron chi connectivity index (χ1n) is 5.62. The van der Waals surface area contributed by atoms with Gasteiger partial charge in [0.25, 0.3) is 0 Å². The van der Waals surface area contributed by atoms with Crippen molar-refractivity contribution in [2.24, 2.45) is 5.41 Å². The van der Waals surface area contributed by atoms with Gasteiger partial charge in [-0.1, -0.05) is 13.3 Å². The lowest BCUT2D eigenvalue weighted by Crippen LogP contribution is -2.37. The van der Waals surface area contributed by atoms with E-state index >= 15 is 0 Å². The molecule has 0 atom stereocenters. The second-order valence-electron chi connectivity index (χ2n) is 4.65. The third-order valence-electron chi connectivity index (χ3n) is 3.14. The number of rotatable bonds is 7. The third-order valence-corrected chi connectivity index (χ3v) is 3.14. The molecule has 1 aliphatic carbocycles. The minimum absolute atomic E-state index is 0.642. The van der Waals surface area contributed by atoms with E-state index in [0.717, 1.165) is 6.54 Å². The molecule has 0 bridgehead atoms. The molecule has 1 aliphatic rings. The number of nitrogens with one attached hydrogen (secondary N) is 2. The van der Waals surface area contributed by atoms with Gasteiger partial charge < -0.3 is 10.6 Å². The predicted octanol–water partition coefficient (Wildman–Crippen LogP) is 1.77. The first-order valence-corrected chi connectivity index (χ1v) is 5.62. The van der Waals surface area contributed by atoms with E-state index in [-0.39, 0.29) is 0 Å². The lowest BCUT2D eigenvalue weighted by atomic mass is 9.70. The minimum atomic E-state index is 0.642. The summed E-state index contributed by atoms with van der Waals surface area (Å²) in [6.45, 7) is 5.97. The summed E-state index contributed by atoms with van der Waals surface area (Å²) in [5.41, 5.74) is 0.642. The molecule has 2 nitrogen and oxygen atoms in total. The lowest BCUT2D eigenvalue weighted by Gasteiger charge is -2.38. The Labute approximate surface area is 82.5 Å². The third kappa shape index (κ3) is 4.10. The summed E-state index contributed by atoms with van der Waals surface area (Å²) in [7, 11) is 2.02. The Morgan fingerprint density at radius 3 is 2.38 bits per heavy atom. The molecular weight excluding hydrogens is 160 g/mol. The van der Waals surface area contributed by atoms with Crippen molar-refractivity contribution in [3.8, 4) is 0 Å². The van der Waals surface area contributed by atoms with Crippen LogP contribution in [0.3, 0.4) is 0 Å². The fraction of sp³-hybridized carbons (Fsp3) is 1.00. The van der Waals surface area contributed by atoms with E-state index in [1.54, 1.807) is 0 Å². The molecule has 0 unspecified atom stereocenters. The fourth-order valence-corrected chi connectivity index (χ4v) is 1.90. The Hall–Kier alpha value is -0.0800. The second kappa shape index (κ2) is 5.61. The van der Waals surface area contributed by atoms with Crippen LogP contribution in [0.25, 0.3) is 0 Å². The summed E-state index contributed by atoms with van der Waals surface area (Å²) in [6, 6.07) is 0. The highest BCUT2D eigenvalue weighted by Gasteiger charge is 2.30. The molecule has 0 radical (unpaired) electrons. The average molecular weight is 184 g/mol. The fourth-order valence-electron chi connectivity index (χ4n) is 1.90. The van der Waals surface area contributed by atoms with E-state index < -0.39 is 0 Å². The van der Waals surface area contributed by atoms with Crippen molar-refractivity contribution >= 4 is 0 Å². The first-order chi connectivity index (χ1) is 6.27. The van der Waals surface area contributed by atoms with Gasteiger partial charge in [0.1, 0.15) is 0 Å². The molecule has 78 valence electrons. The summed E-state index contributed by atoms with van der Waals surface area (Å²) >= 11 is 0. The SMILES string of the molecule is CNCCCCNCC1(C)CCC1. The average Bonchev–Trinajstić information content (AvgIpc) is 2.08. The highest BCUT2D eigenvalue weighted by atomic mass is 14.9. The van der Waals surface area contributed by atoms with Crippen LogP contribution in [0.2, 0.25) is 0 Å². The number of hydrogen-bond donors (Lipinski definition) is 2. The number of unbranched alkanes of at least 4 members (excludes halogenated alkanes) is 1. The van der Waals surface area contributed by atoms with Crippen LogP contribution in [0.5, 0.6) is 0 Å². The molecule has 0 aromatic rings. The number of hydrogen-bond acceptors (Lipinski definition) is 2. The normalized spacial score (nSPS) is 19.8. The van der Waals surface area contributed by atoms with Crippen molar-refractivity contribution in [2.45, 2.75) is 39.0 Å². The molecular formula is C11H24N2.